The van der Waals surface area contributed by atoms with Crippen LogP contribution in [0.3, 0.4) is 0 Å². The molecular formula is C25H18BrN3O6. The first-order chi connectivity index (χ1) is 16.7. The third-order valence-electron chi connectivity index (χ3n) is 5.25. The summed E-state index contributed by atoms with van der Waals surface area (Å²) >= 11 is 3.38. The number of hydrogen-bond acceptors (Lipinski definition) is 6. The van der Waals surface area contributed by atoms with E-state index in [-0.39, 0.29) is 17.9 Å². The molecule has 1 aliphatic heterocycles. The third-order valence-corrected chi connectivity index (χ3v) is 6.13. The smallest absolute Gasteiger partial charge is 0.335 e. The number of ether oxygens (including phenoxy) is 1. The summed E-state index contributed by atoms with van der Waals surface area (Å²) in [6.07, 6.45) is 1.41. The minimum absolute atomic E-state index is 0.00275. The number of aryl methyl sites for hydroxylation is 1. The van der Waals surface area contributed by atoms with Gasteiger partial charge < -0.3 is 4.74 Å². The van der Waals surface area contributed by atoms with E-state index in [9.17, 15) is 24.5 Å². The van der Waals surface area contributed by atoms with Gasteiger partial charge in [0.15, 0.2) is 0 Å². The van der Waals surface area contributed by atoms with E-state index in [4.69, 9.17) is 4.74 Å². The van der Waals surface area contributed by atoms with Gasteiger partial charge in [-0.25, -0.2) is 9.69 Å². The lowest BCUT2D eigenvalue weighted by molar-refractivity contribution is -0.384. The van der Waals surface area contributed by atoms with Crippen LogP contribution >= 0.6 is 15.9 Å². The van der Waals surface area contributed by atoms with Crippen molar-refractivity contribution in [1.29, 1.82) is 0 Å². The molecule has 35 heavy (non-hydrogen) atoms. The maximum Gasteiger partial charge on any atom is 0.335 e. The number of nitro benzene ring substituents is 1. The summed E-state index contributed by atoms with van der Waals surface area (Å²) in [5, 5.41) is 12.9. The number of carbonyl (C=O) groups is 3. The van der Waals surface area contributed by atoms with Crippen molar-refractivity contribution in [3.05, 3.63) is 104 Å². The number of amides is 4. The molecule has 176 valence electrons. The SMILES string of the molecule is Cc1cc(N2C(=O)NC(=O)/C(=C\c3ccc(OCc4ccc([N+](=O)[O-])cc4)cc3)C2=O)ccc1Br. The van der Waals surface area contributed by atoms with Crippen molar-refractivity contribution in [2.75, 3.05) is 4.90 Å². The second kappa shape index (κ2) is 9.90. The number of hydrogen-bond donors (Lipinski definition) is 1. The number of anilines is 1. The van der Waals surface area contributed by atoms with Crippen LogP contribution in [0.2, 0.25) is 0 Å². The number of rotatable bonds is 6. The molecule has 3 aromatic carbocycles. The lowest BCUT2D eigenvalue weighted by Crippen LogP contribution is -2.54. The van der Waals surface area contributed by atoms with Crippen LogP contribution in [0.1, 0.15) is 16.7 Å². The Bertz CT molecular complexity index is 1370. The fourth-order valence-electron chi connectivity index (χ4n) is 3.37. The largest absolute Gasteiger partial charge is 0.489 e. The maximum absolute atomic E-state index is 13.0. The molecule has 0 aromatic heterocycles. The number of halogens is 1. The van der Waals surface area contributed by atoms with Gasteiger partial charge in [0.1, 0.15) is 17.9 Å². The van der Waals surface area contributed by atoms with Gasteiger partial charge in [0.2, 0.25) is 0 Å². The number of nitrogens with zero attached hydrogens (tertiary/aromatic N) is 2. The molecule has 1 saturated heterocycles. The van der Waals surface area contributed by atoms with Crippen molar-refractivity contribution in [2.24, 2.45) is 0 Å². The van der Waals surface area contributed by atoms with Gasteiger partial charge in [-0.05, 0) is 72.2 Å². The Hall–Kier alpha value is -4.31. The molecule has 0 aliphatic carbocycles. The number of non-ortho nitro benzene ring substituents is 1. The van der Waals surface area contributed by atoms with Crippen molar-refractivity contribution in [1.82, 2.24) is 5.32 Å². The number of nitrogens with one attached hydrogen (secondary N) is 1. The zero-order valence-electron chi connectivity index (χ0n) is 18.4. The number of barbiturate groups is 1. The summed E-state index contributed by atoms with van der Waals surface area (Å²) in [4.78, 5) is 49.0. The van der Waals surface area contributed by atoms with Crippen LogP contribution in [-0.4, -0.2) is 22.8 Å². The van der Waals surface area contributed by atoms with Gasteiger partial charge in [0, 0.05) is 16.6 Å². The van der Waals surface area contributed by atoms with Crippen LogP contribution in [0, 0.1) is 17.0 Å². The van der Waals surface area contributed by atoms with Crippen LogP contribution < -0.4 is 15.0 Å². The molecule has 1 N–H and O–H groups in total. The minimum atomic E-state index is -0.811. The van der Waals surface area contributed by atoms with Gasteiger partial charge in [-0.2, -0.15) is 0 Å². The highest BCUT2D eigenvalue weighted by Gasteiger charge is 2.36. The van der Waals surface area contributed by atoms with Gasteiger partial charge in [0.05, 0.1) is 10.6 Å². The predicted molar refractivity (Wildman–Crippen MR) is 132 cm³/mol. The number of nitro groups is 1. The van der Waals surface area contributed by atoms with Gasteiger partial charge in [0.25, 0.3) is 17.5 Å². The van der Waals surface area contributed by atoms with E-state index in [1.54, 1.807) is 54.6 Å². The predicted octanol–water partition coefficient (Wildman–Crippen LogP) is 4.91. The first kappa shape index (κ1) is 23.8. The molecule has 0 saturated carbocycles. The van der Waals surface area contributed by atoms with Crippen LogP contribution in [-0.2, 0) is 16.2 Å². The Morgan fingerprint density at radius 3 is 2.34 bits per heavy atom. The molecule has 4 rings (SSSR count). The second-order valence-electron chi connectivity index (χ2n) is 7.67. The van der Waals surface area contributed by atoms with E-state index in [0.717, 1.165) is 20.5 Å². The van der Waals surface area contributed by atoms with E-state index < -0.39 is 22.8 Å². The van der Waals surface area contributed by atoms with E-state index in [0.29, 0.717) is 17.0 Å². The van der Waals surface area contributed by atoms with E-state index in [1.807, 2.05) is 6.92 Å². The Labute approximate surface area is 208 Å². The summed E-state index contributed by atoms with van der Waals surface area (Å²) < 4.78 is 6.52. The summed E-state index contributed by atoms with van der Waals surface area (Å²) in [5.41, 5.74) is 2.33. The minimum Gasteiger partial charge on any atom is -0.489 e. The Morgan fingerprint density at radius 2 is 1.71 bits per heavy atom. The summed E-state index contributed by atoms with van der Waals surface area (Å²) in [6, 6.07) is 16.9. The van der Waals surface area contributed by atoms with Crippen molar-refractivity contribution < 1.29 is 24.0 Å². The van der Waals surface area contributed by atoms with Crippen molar-refractivity contribution in [3.63, 3.8) is 0 Å². The molecule has 0 spiro atoms. The highest BCUT2D eigenvalue weighted by atomic mass is 79.9. The third kappa shape index (κ3) is 5.28. The van der Waals surface area contributed by atoms with Gasteiger partial charge in [-0.15, -0.1) is 0 Å². The average molecular weight is 536 g/mol. The number of benzene rings is 3. The fourth-order valence-corrected chi connectivity index (χ4v) is 3.61. The van der Waals surface area contributed by atoms with E-state index in [2.05, 4.69) is 21.2 Å². The Morgan fingerprint density at radius 1 is 1.03 bits per heavy atom. The molecular weight excluding hydrogens is 518 g/mol. The van der Waals surface area contributed by atoms with Crippen molar-refractivity contribution >= 4 is 51.2 Å². The molecule has 0 unspecified atom stereocenters. The summed E-state index contributed by atoms with van der Waals surface area (Å²) in [7, 11) is 0. The quantitative estimate of drug-likeness (QED) is 0.207. The molecule has 0 radical (unpaired) electrons. The number of urea groups is 1. The molecule has 1 aliphatic rings. The van der Waals surface area contributed by atoms with E-state index >= 15 is 0 Å². The standard InChI is InChI=1S/C25H18BrN3O6/c1-15-12-19(8-11-22(15)26)28-24(31)21(23(30)27-25(28)32)13-16-4-9-20(10-5-16)35-14-17-2-6-18(7-3-17)29(33)34/h2-13H,14H2,1H3,(H,27,30,32)/b21-13+. The second-order valence-corrected chi connectivity index (χ2v) is 8.53. The van der Waals surface area contributed by atoms with Crippen LogP contribution in [0.5, 0.6) is 5.75 Å². The highest BCUT2D eigenvalue weighted by Crippen LogP contribution is 2.27. The first-order valence-electron chi connectivity index (χ1n) is 10.4. The Balaban J connectivity index is 1.49. The number of imide groups is 2. The van der Waals surface area contributed by atoms with Gasteiger partial charge >= 0.3 is 6.03 Å². The lowest BCUT2D eigenvalue weighted by Gasteiger charge is -2.26. The zero-order valence-corrected chi connectivity index (χ0v) is 19.9. The highest BCUT2D eigenvalue weighted by molar-refractivity contribution is 9.10. The molecule has 9 nitrogen and oxygen atoms in total. The molecule has 1 heterocycles. The van der Waals surface area contributed by atoms with Crippen molar-refractivity contribution in [3.8, 4) is 5.75 Å². The molecule has 0 atom stereocenters. The van der Waals surface area contributed by atoms with Gasteiger partial charge in [-0.3, -0.25) is 25.0 Å². The fraction of sp³-hybridized carbons (Fsp3) is 0.0800. The zero-order chi connectivity index (χ0) is 25.1. The average Bonchev–Trinajstić information content (AvgIpc) is 2.83. The molecule has 4 amide bonds. The summed E-state index contributed by atoms with van der Waals surface area (Å²) in [6.45, 7) is 2.04. The molecule has 1 fully saturated rings. The maximum atomic E-state index is 13.0. The Kier molecular flexibility index (Phi) is 6.74. The molecule has 3 aromatic rings. The normalized spacial score (nSPS) is 14.7. The number of carbonyl (C=O) groups excluding carboxylic acids is 3. The summed E-state index contributed by atoms with van der Waals surface area (Å²) in [5.74, 6) is -0.963. The lowest BCUT2D eigenvalue weighted by atomic mass is 10.1. The first-order valence-corrected chi connectivity index (χ1v) is 11.2. The van der Waals surface area contributed by atoms with E-state index in [1.165, 1.54) is 18.2 Å². The van der Waals surface area contributed by atoms with Gasteiger partial charge in [-0.1, -0.05) is 28.1 Å². The molecule has 0 bridgehead atoms. The topological polar surface area (TPSA) is 119 Å². The van der Waals surface area contributed by atoms with Crippen LogP contribution in [0.4, 0.5) is 16.2 Å². The van der Waals surface area contributed by atoms with Crippen molar-refractivity contribution in [2.45, 2.75) is 13.5 Å². The van der Waals surface area contributed by atoms with Crippen LogP contribution in [0.25, 0.3) is 6.08 Å². The van der Waals surface area contributed by atoms with Crippen LogP contribution in [0.15, 0.2) is 76.8 Å². The monoisotopic (exact) mass is 535 g/mol. The molecule has 10 heteroatoms.